The summed E-state index contributed by atoms with van der Waals surface area (Å²) in [5.41, 5.74) is 4.41. The van der Waals surface area contributed by atoms with Crippen LogP contribution in [0.3, 0.4) is 0 Å². The zero-order valence-electron chi connectivity index (χ0n) is 11.8. The quantitative estimate of drug-likeness (QED) is 0.825. The monoisotopic (exact) mass is 265 g/mol. The standard InChI is InChI=1S/C18H19NO/c1-2-5-14-8-10-16(11-9-14)18(20)19-13-12-15-6-3-4-7-17(15)19/h3-4,6-11H,2,5,12-13H2,1H3. The fourth-order valence-corrected chi connectivity index (χ4v) is 2.81. The molecule has 2 nitrogen and oxygen atoms in total. The number of para-hydroxylation sites is 1. The topological polar surface area (TPSA) is 20.3 Å². The summed E-state index contributed by atoms with van der Waals surface area (Å²) in [6.07, 6.45) is 3.16. The van der Waals surface area contributed by atoms with Gasteiger partial charge in [0.05, 0.1) is 0 Å². The smallest absolute Gasteiger partial charge is 0.258 e. The van der Waals surface area contributed by atoms with E-state index in [1.807, 2.05) is 35.2 Å². The van der Waals surface area contributed by atoms with Gasteiger partial charge in [0.15, 0.2) is 0 Å². The summed E-state index contributed by atoms with van der Waals surface area (Å²) in [4.78, 5) is 14.5. The van der Waals surface area contributed by atoms with Crippen molar-refractivity contribution in [2.24, 2.45) is 0 Å². The minimum absolute atomic E-state index is 0.109. The molecule has 102 valence electrons. The van der Waals surface area contributed by atoms with Crippen molar-refractivity contribution in [3.63, 3.8) is 0 Å². The summed E-state index contributed by atoms with van der Waals surface area (Å²) in [7, 11) is 0. The predicted molar refractivity (Wildman–Crippen MR) is 82.3 cm³/mol. The van der Waals surface area contributed by atoms with E-state index >= 15 is 0 Å². The van der Waals surface area contributed by atoms with E-state index in [1.165, 1.54) is 11.1 Å². The van der Waals surface area contributed by atoms with Gasteiger partial charge in [-0.3, -0.25) is 4.79 Å². The minimum Gasteiger partial charge on any atom is -0.308 e. The van der Waals surface area contributed by atoms with Crippen LogP contribution in [0.2, 0.25) is 0 Å². The summed E-state index contributed by atoms with van der Waals surface area (Å²) in [6.45, 7) is 2.95. The maximum Gasteiger partial charge on any atom is 0.258 e. The number of fused-ring (bicyclic) bond motifs is 1. The van der Waals surface area contributed by atoms with Crippen LogP contribution in [0.4, 0.5) is 5.69 Å². The molecule has 2 aromatic carbocycles. The van der Waals surface area contributed by atoms with Crippen LogP contribution in [0.15, 0.2) is 48.5 Å². The van der Waals surface area contributed by atoms with Crippen LogP contribution in [-0.4, -0.2) is 12.5 Å². The molecule has 1 aliphatic heterocycles. The number of hydrogen-bond acceptors (Lipinski definition) is 1. The molecule has 0 aromatic heterocycles. The highest BCUT2D eigenvalue weighted by Crippen LogP contribution is 2.28. The molecule has 20 heavy (non-hydrogen) atoms. The Morgan fingerprint density at radius 3 is 2.60 bits per heavy atom. The first kappa shape index (κ1) is 12.9. The Morgan fingerprint density at radius 2 is 1.85 bits per heavy atom. The van der Waals surface area contributed by atoms with Gasteiger partial charge in [-0.15, -0.1) is 0 Å². The van der Waals surface area contributed by atoms with Crippen molar-refractivity contribution in [1.82, 2.24) is 0 Å². The van der Waals surface area contributed by atoms with Gasteiger partial charge in [0, 0.05) is 17.8 Å². The van der Waals surface area contributed by atoms with Crippen molar-refractivity contribution in [3.8, 4) is 0 Å². The summed E-state index contributed by atoms with van der Waals surface area (Å²) in [5, 5.41) is 0. The molecule has 0 unspecified atom stereocenters. The average Bonchev–Trinajstić information content (AvgIpc) is 2.92. The van der Waals surface area contributed by atoms with Crippen LogP contribution in [0, 0.1) is 0 Å². The van der Waals surface area contributed by atoms with E-state index in [1.54, 1.807) is 0 Å². The summed E-state index contributed by atoms with van der Waals surface area (Å²) >= 11 is 0. The molecule has 1 heterocycles. The molecule has 0 saturated heterocycles. The van der Waals surface area contributed by atoms with Gasteiger partial charge >= 0.3 is 0 Å². The number of rotatable bonds is 3. The van der Waals surface area contributed by atoms with Crippen LogP contribution in [0.1, 0.15) is 34.8 Å². The third kappa shape index (κ3) is 2.34. The van der Waals surface area contributed by atoms with E-state index in [-0.39, 0.29) is 5.91 Å². The summed E-state index contributed by atoms with van der Waals surface area (Å²) in [5.74, 6) is 0.109. The summed E-state index contributed by atoms with van der Waals surface area (Å²) in [6, 6.07) is 16.2. The van der Waals surface area contributed by atoms with Crippen molar-refractivity contribution in [1.29, 1.82) is 0 Å². The van der Waals surface area contributed by atoms with Gasteiger partial charge < -0.3 is 4.90 Å². The fraction of sp³-hybridized carbons (Fsp3) is 0.278. The molecule has 0 spiro atoms. The number of carbonyl (C=O) groups excluding carboxylic acids is 1. The van der Waals surface area contributed by atoms with Crippen molar-refractivity contribution in [2.45, 2.75) is 26.2 Å². The lowest BCUT2D eigenvalue weighted by Crippen LogP contribution is -2.28. The lowest BCUT2D eigenvalue weighted by molar-refractivity contribution is 0.0989. The fourth-order valence-electron chi connectivity index (χ4n) is 2.81. The minimum atomic E-state index is 0.109. The van der Waals surface area contributed by atoms with Crippen molar-refractivity contribution in [2.75, 3.05) is 11.4 Å². The van der Waals surface area contributed by atoms with E-state index < -0.39 is 0 Å². The van der Waals surface area contributed by atoms with Crippen LogP contribution in [0.5, 0.6) is 0 Å². The third-order valence-electron chi connectivity index (χ3n) is 3.87. The molecule has 1 amide bonds. The second-order valence-electron chi connectivity index (χ2n) is 5.28. The Labute approximate surface area is 120 Å². The van der Waals surface area contributed by atoms with Gasteiger partial charge in [0.25, 0.3) is 5.91 Å². The molecule has 0 fully saturated rings. The van der Waals surface area contributed by atoms with E-state index in [0.29, 0.717) is 0 Å². The Kier molecular flexibility index (Phi) is 3.55. The first-order valence-electron chi connectivity index (χ1n) is 7.28. The maximum atomic E-state index is 12.6. The second kappa shape index (κ2) is 5.49. The van der Waals surface area contributed by atoms with Crippen LogP contribution in [0.25, 0.3) is 0 Å². The lowest BCUT2D eigenvalue weighted by Gasteiger charge is -2.17. The Hall–Kier alpha value is -2.09. The predicted octanol–water partition coefficient (Wildman–Crippen LogP) is 3.84. The highest BCUT2D eigenvalue weighted by molar-refractivity contribution is 6.07. The Bertz CT molecular complexity index is 616. The molecule has 0 N–H and O–H groups in total. The van der Waals surface area contributed by atoms with Crippen LogP contribution >= 0.6 is 0 Å². The molecule has 0 atom stereocenters. The molecular weight excluding hydrogens is 246 g/mol. The van der Waals surface area contributed by atoms with Gasteiger partial charge in [0.2, 0.25) is 0 Å². The van der Waals surface area contributed by atoms with Crippen molar-refractivity contribution >= 4 is 11.6 Å². The molecular formula is C18H19NO. The van der Waals surface area contributed by atoms with E-state index in [0.717, 1.165) is 37.1 Å². The van der Waals surface area contributed by atoms with Gasteiger partial charge in [-0.1, -0.05) is 43.7 Å². The number of hydrogen-bond donors (Lipinski definition) is 0. The average molecular weight is 265 g/mol. The largest absolute Gasteiger partial charge is 0.308 e. The molecule has 0 bridgehead atoms. The number of amides is 1. The SMILES string of the molecule is CCCc1ccc(C(=O)N2CCc3ccccc32)cc1. The zero-order valence-corrected chi connectivity index (χ0v) is 11.8. The van der Waals surface area contributed by atoms with Crippen LogP contribution < -0.4 is 4.90 Å². The molecule has 3 rings (SSSR count). The number of carbonyl (C=O) groups is 1. The maximum absolute atomic E-state index is 12.6. The Balaban J connectivity index is 1.83. The first-order chi connectivity index (χ1) is 9.79. The molecule has 2 aromatic rings. The van der Waals surface area contributed by atoms with E-state index in [9.17, 15) is 4.79 Å². The normalized spacial score (nSPS) is 13.3. The Morgan fingerprint density at radius 1 is 1.10 bits per heavy atom. The second-order valence-corrected chi connectivity index (χ2v) is 5.28. The van der Waals surface area contributed by atoms with Gasteiger partial charge in [0.1, 0.15) is 0 Å². The zero-order chi connectivity index (χ0) is 13.9. The summed E-state index contributed by atoms with van der Waals surface area (Å²) < 4.78 is 0. The van der Waals surface area contributed by atoms with Gasteiger partial charge in [-0.2, -0.15) is 0 Å². The van der Waals surface area contributed by atoms with Crippen LogP contribution in [-0.2, 0) is 12.8 Å². The third-order valence-corrected chi connectivity index (χ3v) is 3.87. The molecule has 2 heteroatoms. The van der Waals surface area contributed by atoms with Crippen molar-refractivity contribution in [3.05, 3.63) is 65.2 Å². The molecule has 0 radical (unpaired) electrons. The molecule has 0 aliphatic carbocycles. The number of anilines is 1. The lowest BCUT2D eigenvalue weighted by atomic mass is 10.1. The number of benzene rings is 2. The number of aryl methyl sites for hydroxylation is 1. The van der Waals surface area contributed by atoms with Crippen molar-refractivity contribution < 1.29 is 4.79 Å². The van der Waals surface area contributed by atoms with E-state index in [4.69, 9.17) is 0 Å². The molecule has 1 aliphatic rings. The van der Waals surface area contributed by atoms with Gasteiger partial charge in [-0.05, 0) is 42.2 Å². The first-order valence-corrected chi connectivity index (χ1v) is 7.28. The highest BCUT2D eigenvalue weighted by Gasteiger charge is 2.24. The molecule has 0 saturated carbocycles. The van der Waals surface area contributed by atoms with Gasteiger partial charge in [-0.25, -0.2) is 0 Å². The van der Waals surface area contributed by atoms with E-state index in [2.05, 4.69) is 25.1 Å². The highest BCUT2D eigenvalue weighted by atomic mass is 16.2. The number of nitrogens with zero attached hydrogens (tertiary/aromatic N) is 1.